The van der Waals surface area contributed by atoms with Crippen LogP contribution in [0.25, 0.3) is 0 Å². The monoisotopic (exact) mass is 113 g/mol. The number of halogens is 1. The molecule has 2 N–H and O–H groups in total. The predicted octanol–water partition coefficient (Wildman–Crippen LogP) is 0.253. The average Bonchev–Trinajstić information content (AvgIpc) is 1.35. The van der Waals surface area contributed by atoms with Crippen molar-refractivity contribution in [2.24, 2.45) is 0 Å². The summed E-state index contributed by atoms with van der Waals surface area (Å²) in [7, 11) is -4.44. The summed E-state index contributed by atoms with van der Waals surface area (Å²) in [6.07, 6.45) is -0.646. The Hall–Kier alpha value is 0.0800. The van der Waals surface area contributed by atoms with E-state index in [0.717, 1.165) is 0 Å². The second kappa shape index (κ2) is 1.69. The number of hydrogen-bond donors (Lipinski definition) is 2. The Balaban J connectivity index is 3.48. The van der Waals surface area contributed by atoms with E-state index in [1.807, 2.05) is 0 Å². The largest absolute Gasteiger partial charge is 0.363 e. The molecule has 0 saturated heterocycles. The molecule has 0 aromatic heterocycles. The molecule has 0 aromatic carbocycles. The van der Waals surface area contributed by atoms with Crippen molar-refractivity contribution in [3.8, 4) is 0 Å². The first kappa shape index (κ1) is 6.08. The molecule has 0 aromatic rings. The van der Waals surface area contributed by atoms with Crippen LogP contribution in [-0.4, -0.2) is 9.79 Å². The molecule has 0 amide bonds. The van der Waals surface area contributed by atoms with Gasteiger partial charge in [0.2, 0.25) is 6.42 Å². The summed E-state index contributed by atoms with van der Waals surface area (Å²) < 4.78 is 19.9. The van der Waals surface area contributed by atoms with Crippen molar-refractivity contribution in [2.75, 3.05) is 0 Å². The highest BCUT2D eigenvalue weighted by molar-refractivity contribution is 7.53. The van der Waals surface area contributed by atoms with Crippen LogP contribution < -0.4 is 0 Å². The van der Waals surface area contributed by atoms with Crippen molar-refractivity contribution >= 4 is 7.60 Å². The first-order valence-corrected chi connectivity index (χ1v) is 2.74. The molecule has 0 rings (SSSR count). The zero-order valence-electron chi connectivity index (χ0n) is 2.71. The molecule has 0 unspecified atom stereocenters. The summed E-state index contributed by atoms with van der Waals surface area (Å²) >= 11 is 0. The first-order chi connectivity index (χ1) is 2.56. The maximum atomic E-state index is 10.6. The van der Waals surface area contributed by atoms with E-state index in [1.165, 1.54) is 0 Å². The van der Waals surface area contributed by atoms with E-state index in [4.69, 9.17) is 9.79 Å². The van der Waals surface area contributed by atoms with E-state index in [9.17, 15) is 8.96 Å². The molecule has 0 fully saturated rings. The Morgan fingerprint density at radius 3 is 1.83 bits per heavy atom. The van der Waals surface area contributed by atoms with Gasteiger partial charge in [-0.05, 0) is 0 Å². The number of rotatable bonds is 1. The minimum Gasteiger partial charge on any atom is -0.322 e. The first-order valence-electron chi connectivity index (χ1n) is 1.06. The zero-order chi connectivity index (χ0) is 5.21. The minimum absolute atomic E-state index is 0.646. The van der Waals surface area contributed by atoms with Crippen molar-refractivity contribution in [2.45, 2.75) is 0 Å². The Labute approximate surface area is 34.0 Å². The molecule has 0 heterocycles. The molecule has 0 bridgehead atoms. The van der Waals surface area contributed by atoms with Crippen molar-refractivity contribution in [3.63, 3.8) is 0 Å². The summed E-state index contributed by atoms with van der Waals surface area (Å²) in [6.45, 7) is 0. The summed E-state index contributed by atoms with van der Waals surface area (Å²) in [4.78, 5) is 15.0. The van der Waals surface area contributed by atoms with Crippen molar-refractivity contribution in [3.05, 3.63) is 6.42 Å². The lowest BCUT2D eigenvalue weighted by Crippen LogP contribution is -1.68. The third-order valence-electron chi connectivity index (χ3n) is 0.127. The highest BCUT2D eigenvalue weighted by Crippen LogP contribution is 2.38. The lowest BCUT2D eigenvalue weighted by molar-refractivity contribution is 0.366. The number of hydrogen-bond acceptors (Lipinski definition) is 1. The van der Waals surface area contributed by atoms with Crippen molar-refractivity contribution < 1.29 is 18.7 Å². The molecule has 5 heteroatoms. The normalized spacial score (nSPS) is 11.8. The van der Waals surface area contributed by atoms with Crippen LogP contribution in [0.2, 0.25) is 0 Å². The quantitative estimate of drug-likeness (QED) is 0.479. The maximum absolute atomic E-state index is 10.6. The molecule has 0 saturated carbocycles. The van der Waals surface area contributed by atoms with Gasteiger partial charge in [-0.3, -0.25) is 4.57 Å². The van der Waals surface area contributed by atoms with Gasteiger partial charge >= 0.3 is 7.60 Å². The highest BCUT2D eigenvalue weighted by Gasteiger charge is 2.10. The van der Waals surface area contributed by atoms with Gasteiger partial charge in [-0.25, -0.2) is 4.39 Å². The van der Waals surface area contributed by atoms with Crippen LogP contribution >= 0.6 is 7.60 Å². The lowest BCUT2D eigenvalue weighted by atomic mass is 11.8. The molecule has 6 heavy (non-hydrogen) atoms. The van der Waals surface area contributed by atoms with Gasteiger partial charge in [0, 0.05) is 0 Å². The van der Waals surface area contributed by atoms with Gasteiger partial charge in [0.15, 0.2) is 0 Å². The molecule has 37 valence electrons. The highest BCUT2D eigenvalue weighted by atomic mass is 31.2. The SMILES string of the molecule is O=P(O)(O)[CH]F. The van der Waals surface area contributed by atoms with E-state index in [1.54, 1.807) is 0 Å². The summed E-state index contributed by atoms with van der Waals surface area (Å²) in [6, 6.07) is 0. The fourth-order valence-electron chi connectivity index (χ4n) is 0. The van der Waals surface area contributed by atoms with Gasteiger partial charge in [0.25, 0.3) is 0 Å². The average molecular weight is 113 g/mol. The predicted molar refractivity (Wildman–Crippen MR) is 17.5 cm³/mol. The van der Waals surface area contributed by atoms with Crippen LogP contribution in [0.15, 0.2) is 0 Å². The van der Waals surface area contributed by atoms with Crippen LogP contribution in [0.5, 0.6) is 0 Å². The zero-order valence-corrected chi connectivity index (χ0v) is 3.60. The van der Waals surface area contributed by atoms with E-state index >= 15 is 0 Å². The lowest BCUT2D eigenvalue weighted by Gasteiger charge is -1.88. The van der Waals surface area contributed by atoms with Gasteiger partial charge in [0.05, 0.1) is 0 Å². The van der Waals surface area contributed by atoms with E-state index in [0.29, 0.717) is 0 Å². The second-order valence-electron chi connectivity index (χ2n) is 0.687. The van der Waals surface area contributed by atoms with Crippen LogP contribution in [-0.2, 0) is 4.57 Å². The van der Waals surface area contributed by atoms with Gasteiger partial charge < -0.3 is 9.79 Å². The molecule has 0 atom stereocenters. The van der Waals surface area contributed by atoms with Crippen LogP contribution in [0.1, 0.15) is 0 Å². The fourth-order valence-corrected chi connectivity index (χ4v) is 0. The smallest absolute Gasteiger partial charge is 0.322 e. The van der Waals surface area contributed by atoms with E-state index < -0.39 is 14.0 Å². The van der Waals surface area contributed by atoms with Gasteiger partial charge in [-0.2, -0.15) is 0 Å². The maximum Gasteiger partial charge on any atom is 0.363 e. The fraction of sp³-hybridized carbons (Fsp3) is 0. The minimum atomic E-state index is -4.44. The van der Waals surface area contributed by atoms with Gasteiger partial charge in [-0.1, -0.05) is 0 Å². The van der Waals surface area contributed by atoms with Crippen LogP contribution in [0.4, 0.5) is 4.39 Å². The molecule has 0 aliphatic rings. The second-order valence-corrected chi connectivity index (χ2v) is 2.06. The Morgan fingerprint density at radius 1 is 1.67 bits per heavy atom. The van der Waals surface area contributed by atoms with E-state index in [-0.39, 0.29) is 0 Å². The van der Waals surface area contributed by atoms with Crippen LogP contribution in [0, 0.1) is 6.42 Å². The van der Waals surface area contributed by atoms with Gasteiger partial charge in [-0.15, -0.1) is 0 Å². The van der Waals surface area contributed by atoms with Crippen molar-refractivity contribution in [1.82, 2.24) is 0 Å². The van der Waals surface area contributed by atoms with E-state index in [2.05, 4.69) is 0 Å². The topological polar surface area (TPSA) is 57.5 Å². The third kappa shape index (κ3) is 4.08. The van der Waals surface area contributed by atoms with Gasteiger partial charge in [0.1, 0.15) is 0 Å². The Bertz CT molecular complexity index is 74.9. The molecule has 3 nitrogen and oxygen atoms in total. The Morgan fingerprint density at radius 2 is 1.83 bits per heavy atom. The summed E-state index contributed by atoms with van der Waals surface area (Å²) in [5, 5.41) is 0. The summed E-state index contributed by atoms with van der Waals surface area (Å²) in [5.74, 6) is 0. The standard InChI is InChI=1S/CH3FO3P/c2-1-6(3,4)5/h1H,(H2,3,4,5). The molecule has 0 aliphatic heterocycles. The third-order valence-corrected chi connectivity index (χ3v) is 0.381. The van der Waals surface area contributed by atoms with Crippen LogP contribution in [0.3, 0.4) is 0 Å². The molecular formula is CH3FO3P. The molecule has 1 radical (unpaired) electrons. The molecule has 0 spiro atoms. The molecular weight excluding hydrogens is 110 g/mol. The molecule has 0 aliphatic carbocycles. The Kier molecular flexibility index (Phi) is 1.71. The van der Waals surface area contributed by atoms with Crippen molar-refractivity contribution in [1.29, 1.82) is 0 Å². The summed E-state index contributed by atoms with van der Waals surface area (Å²) in [5.41, 5.74) is 0.